The zero-order valence-corrected chi connectivity index (χ0v) is 10.5. The Labute approximate surface area is 101 Å². The zero-order valence-electron chi connectivity index (χ0n) is 7.38. The van der Waals surface area contributed by atoms with Gasteiger partial charge in [-0.25, -0.2) is 4.98 Å². The number of rotatable bonds is 1. The Morgan fingerprint density at radius 2 is 2.36 bits per heavy atom. The molecule has 14 heavy (non-hydrogen) atoms. The molecular formula is C9H9BrCl2N2. The second kappa shape index (κ2) is 4.25. The number of anilines is 1. The van der Waals surface area contributed by atoms with Gasteiger partial charge in [-0.3, -0.25) is 0 Å². The summed E-state index contributed by atoms with van der Waals surface area (Å²) in [6.07, 6.45) is 2.67. The average molecular weight is 296 g/mol. The topological polar surface area (TPSA) is 16.1 Å². The zero-order chi connectivity index (χ0) is 10.1. The van der Waals surface area contributed by atoms with Gasteiger partial charge in [0, 0.05) is 19.3 Å². The van der Waals surface area contributed by atoms with Gasteiger partial charge in [0.15, 0.2) is 0 Å². The molecule has 2 nitrogen and oxygen atoms in total. The van der Waals surface area contributed by atoms with Crippen molar-refractivity contribution in [2.45, 2.75) is 11.8 Å². The highest BCUT2D eigenvalue weighted by Gasteiger charge is 2.22. The summed E-state index contributed by atoms with van der Waals surface area (Å²) >= 11 is 15.3. The first kappa shape index (κ1) is 10.5. The molecule has 76 valence electrons. The van der Waals surface area contributed by atoms with E-state index in [1.807, 2.05) is 6.07 Å². The molecule has 5 heteroatoms. The van der Waals surface area contributed by atoms with Crippen LogP contribution in [-0.2, 0) is 0 Å². The van der Waals surface area contributed by atoms with Crippen molar-refractivity contribution in [3.8, 4) is 0 Å². The van der Waals surface area contributed by atoms with Crippen LogP contribution in [0.5, 0.6) is 0 Å². The van der Waals surface area contributed by atoms with Crippen molar-refractivity contribution in [1.29, 1.82) is 0 Å². The lowest BCUT2D eigenvalue weighted by molar-refractivity contribution is 0.933. The molecule has 1 unspecified atom stereocenters. The summed E-state index contributed by atoms with van der Waals surface area (Å²) in [6, 6.07) is 1.85. The molecule has 1 aromatic rings. The van der Waals surface area contributed by atoms with Crippen molar-refractivity contribution in [2.24, 2.45) is 0 Å². The maximum Gasteiger partial charge on any atom is 0.143 e. The lowest BCUT2D eigenvalue weighted by Crippen LogP contribution is -2.21. The molecule has 1 aromatic heterocycles. The first-order chi connectivity index (χ1) is 6.66. The molecule has 1 atom stereocenters. The Morgan fingerprint density at radius 1 is 1.57 bits per heavy atom. The Kier molecular flexibility index (Phi) is 3.20. The van der Waals surface area contributed by atoms with Crippen molar-refractivity contribution in [2.75, 3.05) is 18.0 Å². The molecule has 0 saturated carbocycles. The quantitative estimate of drug-likeness (QED) is 0.739. The van der Waals surface area contributed by atoms with Crippen LogP contribution in [0.15, 0.2) is 16.7 Å². The van der Waals surface area contributed by atoms with Crippen molar-refractivity contribution in [3.05, 3.63) is 21.8 Å². The van der Waals surface area contributed by atoms with Crippen molar-refractivity contribution < 1.29 is 0 Å². The van der Waals surface area contributed by atoms with E-state index in [4.69, 9.17) is 23.2 Å². The molecule has 0 aromatic carbocycles. The standard InChI is InChI=1S/C9H9BrCl2N2/c10-8-3-7(12)4-13-9(8)14-2-1-6(11)5-14/h3-4,6H,1-2,5H2. The second-order valence-corrected chi connectivity index (χ2v) is 5.20. The third-order valence-electron chi connectivity index (χ3n) is 2.22. The van der Waals surface area contributed by atoms with E-state index >= 15 is 0 Å². The summed E-state index contributed by atoms with van der Waals surface area (Å²) in [4.78, 5) is 6.45. The van der Waals surface area contributed by atoms with E-state index in [9.17, 15) is 0 Å². The number of alkyl halides is 1. The molecule has 2 rings (SSSR count). The number of hydrogen-bond acceptors (Lipinski definition) is 2. The Morgan fingerprint density at radius 3 is 2.93 bits per heavy atom. The predicted octanol–water partition coefficient (Wildman–Crippen LogP) is 3.32. The van der Waals surface area contributed by atoms with E-state index in [1.165, 1.54) is 0 Å². The summed E-state index contributed by atoms with van der Waals surface area (Å²) in [6.45, 7) is 1.82. The van der Waals surface area contributed by atoms with Crippen LogP contribution < -0.4 is 4.90 Å². The van der Waals surface area contributed by atoms with Gasteiger partial charge < -0.3 is 4.90 Å². The minimum atomic E-state index is 0.236. The predicted molar refractivity (Wildman–Crippen MR) is 63.4 cm³/mol. The van der Waals surface area contributed by atoms with Crippen LogP contribution in [0.2, 0.25) is 5.02 Å². The van der Waals surface area contributed by atoms with Crippen LogP contribution in [-0.4, -0.2) is 23.5 Å². The maximum atomic E-state index is 6.03. The summed E-state index contributed by atoms with van der Waals surface area (Å²) in [5.74, 6) is 0.928. The molecular weight excluding hydrogens is 287 g/mol. The highest BCUT2D eigenvalue weighted by Crippen LogP contribution is 2.29. The van der Waals surface area contributed by atoms with Crippen LogP contribution in [0.1, 0.15) is 6.42 Å². The monoisotopic (exact) mass is 294 g/mol. The summed E-state index contributed by atoms with van der Waals surface area (Å²) in [5.41, 5.74) is 0. The Bertz CT molecular complexity index is 346. The van der Waals surface area contributed by atoms with E-state index in [2.05, 4.69) is 25.8 Å². The molecule has 2 heterocycles. The summed E-state index contributed by atoms with van der Waals surface area (Å²) in [5, 5.41) is 0.877. The lowest BCUT2D eigenvalue weighted by Gasteiger charge is -2.17. The van der Waals surface area contributed by atoms with Gasteiger partial charge in [0.1, 0.15) is 5.82 Å². The largest absolute Gasteiger partial charge is 0.354 e. The van der Waals surface area contributed by atoms with Gasteiger partial charge in [-0.2, -0.15) is 0 Å². The van der Waals surface area contributed by atoms with Crippen molar-refractivity contribution >= 4 is 44.9 Å². The van der Waals surface area contributed by atoms with Gasteiger partial charge in [0.05, 0.1) is 14.9 Å². The minimum absolute atomic E-state index is 0.236. The molecule has 1 saturated heterocycles. The van der Waals surface area contributed by atoms with Gasteiger partial charge >= 0.3 is 0 Å². The molecule has 1 fully saturated rings. The average Bonchev–Trinajstić information content (AvgIpc) is 2.51. The van der Waals surface area contributed by atoms with Crippen LogP contribution in [0.3, 0.4) is 0 Å². The summed E-state index contributed by atoms with van der Waals surface area (Å²) in [7, 11) is 0. The van der Waals surface area contributed by atoms with Crippen molar-refractivity contribution in [3.63, 3.8) is 0 Å². The van der Waals surface area contributed by atoms with E-state index in [0.29, 0.717) is 5.02 Å². The molecule has 0 spiro atoms. The van der Waals surface area contributed by atoms with Crippen LogP contribution in [0, 0.1) is 0 Å². The van der Waals surface area contributed by atoms with Crippen LogP contribution in [0.25, 0.3) is 0 Å². The number of nitrogens with zero attached hydrogens (tertiary/aromatic N) is 2. The lowest BCUT2D eigenvalue weighted by atomic mass is 10.4. The Balaban J connectivity index is 2.24. The molecule has 1 aliphatic heterocycles. The third kappa shape index (κ3) is 2.15. The van der Waals surface area contributed by atoms with E-state index in [-0.39, 0.29) is 5.38 Å². The smallest absolute Gasteiger partial charge is 0.143 e. The SMILES string of the molecule is Clc1cnc(N2CCC(Cl)C2)c(Br)c1. The number of pyridine rings is 1. The van der Waals surface area contributed by atoms with E-state index < -0.39 is 0 Å². The maximum absolute atomic E-state index is 6.03. The highest BCUT2D eigenvalue weighted by atomic mass is 79.9. The first-order valence-electron chi connectivity index (χ1n) is 4.37. The Hall–Kier alpha value is 0.01000. The van der Waals surface area contributed by atoms with Gasteiger partial charge in [-0.15, -0.1) is 11.6 Å². The molecule has 0 bridgehead atoms. The molecule has 0 radical (unpaired) electrons. The fraction of sp³-hybridized carbons (Fsp3) is 0.444. The fourth-order valence-corrected chi connectivity index (χ4v) is 2.70. The first-order valence-corrected chi connectivity index (χ1v) is 5.97. The van der Waals surface area contributed by atoms with Crippen molar-refractivity contribution in [1.82, 2.24) is 4.98 Å². The van der Waals surface area contributed by atoms with E-state index in [1.54, 1.807) is 6.20 Å². The minimum Gasteiger partial charge on any atom is -0.354 e. The molecule has 0 N–H and O–H groups in total. The van der Waals surface area contributed by atoms with Gasteiger partial charge in [0.2, 0.25) is 0 Å². The van der Waals surface area contributed by atoms with Gasteiger partial charge in [-0.05, 0) is 28.4 Å². The number of halogens is 3. The van der Waals surface area contributed by atoms with Gasteiger partial charge in [-0.1, -0.05) is 11.6 Å². The van der Waals surface area contributed by atoms with Crippen LogP contribution in [0.4, 0.5) is 5.82 Å². The number of hydrogen-bond donors (Lipinski definition) is 0. The fourth-order valence-electron chi connectivity index (χ4n) is 1.55. The molecule has 1 aliphatic rings. The third-order valence-corrected chi connectivity index (χ3v) is 3.37. The van der Waals surface area contributed by atoms with Crippen LogP contribution >= 0.6 is 39.1 Å². The molecule has 0 aliphatic carbocycles. The summed E-state index contributed by atoms with van der Waals surface area (Å²) < 4.78 is 0.927. The van der Waals surface area contributed by atoms with E-state index in [0.717, 1.165) is 29.8 Å². The highest BCUT2D eigenvalue weighted by molar-refractivity contribution is 9.10. The molecule has 0 amide bonds. The second-order valence-electron chi connectivity index (χ2n) is 3.29. The number of aromatic nitrogens is 1. The van der Waals surface area contributed by atoms with Gasteiger partial charge in [0.25, 0.3) is 0 Å². The normalized spacial score (nSPS) is 21.6.